The summed E-state index contributed by atoms with van der Waals surface area (Å²) >= 11 is 0. The topological polar surface area (TPSA) is 7.12 Å². The molecule has 0 amide bonds. The van der Waals surface area contributed by atoms with E-state index in [1.165, 1.54) is 27.9 Å². The SMILES string of the molecule is C=Cc1ccc(N(c2ccc(C=C)cc2)c2ccc(-c3ccc(C)c(-c4cccc[n+]4C)c3)cc2)cc1. The second kappa shape index (κ2) is 10.5. The van der Waals surface area contributed by atoms with E-state index in [4.69, 9.17) is 0 Å². The van der Waals surface area contributed by atoms with Crippen LogP contribution in [0.2, 0.25) is 0 Å². The first-order valence-corrected chi connectivity index (χ1v) is 12.5. The number of nitrogens with zero attached hydrogens (tertiary/aromatic N) is 2. The van der Waals surface area contributed by atoms with Crippen molar-refractivity contribution in [3.8, 4) is 22.4 Å². The average molecular weight is 480 g/mol. The maximum Gasteiger partial charge on any atom is 0.212 e. The van der Waals surface area contributed by atoms with E-state index in [0.717, 1.165) is 28.2 Å². The maximum atomic E-state index is 3.89. The van der Waals surface area contributed by atoms with Crippen molar-refractivity contribution in [2.45, 2.75) is 6.92 Å². The van der Waals surface area contributed by atoms with Crippen molar-refractivity contribution in [2.24, 2.45) is 7.05 Å². The van der Waals surface area contributed by atoms with Gasteiger partial charge in [-0.1, -0.05) is 73.8 Å². The van der Waals surface area contributed by atoms with Gasteiger partial charge in [-0.25, -0.2) is 4.57 Å². The van der Waals surface area contributed by atoms with Crippen LogP contribution in [0.4, 0.5) is 17.1 Å². The number of hydrogen-bond donors (Lipinski definition) is 0. The Morgan fingerprint density at radius 1 is 0.622 bits per heavy atom. The van der Waals surface area contributed by atoms with Crippen LogP contribution in [0.15, 0.2) is 129 Å². The molecule has 0 unspecified atom stereocenters. The van der Waals surface area contributed by atoms with E-state index in [0.29, 0.717) is 0 Å². The molecule has 5 aromatic rings. The van der Waals surface area contributed by atoms with Crippen molar-refractivity contribution in [3.05, 3.63) is 145 Å². The fourth-order valence-electron chi connectivity index (χ4n) is 4.65. The van der Waals surface area contributed by atoms with Crippen LogP contribution in [0, 0.1) is 6.92 Å². The highest BCUT2D eigenvalue weighted by Crippen LogP contribution is 2.36. The van der Waals surface area contributed by atoms with Crippen LogP contribution in [0.25, 0.3) is 34.5 Å². The van der Waals surface area contributed by atoms with Crippen LogP contribution in [0.5, 0.6) is 0 Å². The third-order valence-electron chi connectivity index (χ3n) is 6.80. The molecule has 0 spiro atoms. The molecule has 0 saturated heterocycles. The summed E-state index contributed by atoms with van der Waals surface area (Å²) in [6.45, 7) is 9.95. The number of hydrogen-bond acceptors (Lipinski definition) is 1. The third kappa shape index (κ3) is 5.00. The summed E-state index contributed by atoms with van der Waals surface area (Å²) in [4.78, 5) is 2.27. The first kappa shape index (κ1) is 24.0. The van der Waals surface area contributed by atoms with Gasteiger partial charge in [0.05, 0.1) is 0 Å². The minimum Gasteiger partial charge on any atom is -0.311 e. The molecule has 1 heterocycles. The van der Waals surface area contributed by atoms with Crippen LogP contribution >= 0.6 is 0 Å². The lowest BCUT2D eigenvalue weighted by molar-refractivity contribution is -0.660. The number of benzene rings is 4. The Balaban J connectivity index is 1.54. The van der Waals surface area contributed by atoms with E-state index in [9.17, 15) is 0 Å². The molecule has 0 aliphatic heterocycles. The lowest BCUT2D eigenvalue weighted by atomic mass is 9.97. The predicted molar refractivity (Wildman–Crippen MR) is 158 cm³/mol. The molecule has 2 heteroatoms. The number of aromatic nitrogens is 1. The fraction of sp³-hybridized carbons (Fsp3) is 0.0571. The van der Waals surface area contributed by atoms with Gasteiger partial charge in [0.15, 0.2) is 6.20 Å². The molecule has 0 radical (unpaired) electrons. The molecule has 0 saturated carbocycles. The summed E-state index contributed by atoms with van der Waals surface area (Å²) in [6.07, 6.45) is 5.83. The van der Waals surface area contributed by atoms with Crippen LogP contribution in [0.3, 0.4) is 0 Å². The highest BCUT2D eigenvalue weighted by molar-refractivity contribution is 5.80. The van der Waals surface area contributed by atoms with Crippen molar-refractivity contribution in [2.75, 3.05) is 4.90 Å². The van der Waals surface area contributed by atoms with Gasteiger partial charge in [-0.3, -0.25) is 0 Å². The van der Waals surface area contributed by atoms with E-state index in [2.05, 4.69) is 152 Å². The summed E-state index contributed by atoms with van der Waals surface area (Å²) in [5.41, 5.74) is 11.6. The molecule has 0 atom stereocenters. The van der Waals surface area contributed by atoms with Gasteiger partial charge in [0, 0.05) is 34.8 Å². The highest BCUT2D eigenvalue weighted by atomic mass is 15.1. The lowest BCUT2D eigenvalue weighted by Crippen LogP contribution is -2.30. The quantitative estimate of drug-likeness (QED) is 0.211. The van der Waals surface area contributed by atoms with Gasteiger partial charge < -0.3 is 4.90 Å². The second-order valence-corrected chi connectivity index (χ2v) is 9.20. The van der Waals surface area contributed by atoms with Gasteiger partial charge in [0.1, 0.15) is 7.05 Å². The fourth-order valence-corrected chi connectivity index (χ4v) is 4.65. The molecule has 180 valence electrons. The predicted octanol–water partition coefficient (Wildman–Crippen LogP) is 8.91. The molecule has 0 aliphatic carbocycles. The Kier molecular flexibility index (Phi) is 6.83. The Morgan fingerprint density at radius 3 is 1.65 bits per heavy atom. The van der Waals surface area contributed by atoms with Crippen molar-refractivity contribution in [1.82, 2.24) is 0 Å². The Morgan fingerprint density at radius 2 is 1.14 bits per heavy atom. The molecule has 5 rings (SSSR count). The zero-order valence-corrected chi connectivity index (χ0v) is 21.4. The molecule has 37 heavy (non-hydrogen) atoms. The van der Waals surface area contributed by atoms with Crippen LogP contribution in [0.1, 0.15) is 16.7 Å². The number of rotatable bonds is 7. The van der Waals surface area contributed by atoms with Crippen molar-refractivity contribution in [3.63, 3.8) is 0 Å². The van der Waals surface area contributed by atoms with Crippen molar-refractivity contribution >= 4 is 29.2 Å². The molecule has 0 aliphatic rings. The number of pyridine rings is 1. The van der Waals surface area contributed by atoms with E-state index >= 15 is 0 Å². The summed E-state index contributed by atoms with van der Waals surface area (Å²) in [5, 5.41) is 0. The zero-order chi connectivity index (χ0) is 25.8. The zero-order valence-electron chi connectivity index (χ0n) is 21.4. The Labute approximate surface area is 220 Å². The first-order valence-electron chi connectivity index (χ1n) is 12.5. The largest absolute Gasteiger partial charge is 0.311 e. The van der Waals surface area contributed by atoms with E-state index in [1.807, 2.05) is 12.2 Å². The molecular weight excluding hydrogens is 448 g/mol. The molecular formula is C35H31N2+. The van der Waals surface area contributed by atoms with E-state index in [-0.39, 0.29) is 0 Å². The summed E-state index contributed by atoms with van der Waals surface area (Å²) < 4.78 is 2.17. The van der Waals surface area contributed by atoms with Gasteiger partial charge in [-0.2, -0.15) is 0 Å². The Bertz CT molecular complexity index is 1490. The molecule has 0 N–H and O–H groups in total. The molecule has 1 aromatic heterocycles. The first-order chi connectivity index (χ1) is 18.1. The van der Waals surface area contributed by atoms with Gasteiger partial charge in [-0.05, 0) is 83.3 Å². The maximum absolute atomic E-state index is 3.89. The van der Waals surface area contributed by atoms with E-state index in [1.54, 1.807) is 0 Å². The molecule has 0 bridgehead atoms. The summed E-state index contributed by atoms with van der Waals surface area (Å²) in [7, 11) is 2.09. The van der Waals surface area contributed by atoms with Crippen molar-refractivity contribution in [1.29, 1.82) is 0 Å². The molecule has 2 nitrogen and oxygen atoms in total. The molecule has 4 aromatic carbocycles. The van der Waals surface area contributed by atoms with Gasteiger partial charge in [-0.15, -0.1) is 0 Å². The lowest BCUT2D eigenvalue weighted by Gasteiger charge is -2.26. The smallest absolute Gasteiger partial charge is 0.212 e. The normalized spacial score (nSPS) is 10.6. The Hall–Kier alpha value is -4.69. The van der Waals surface area contributed by atoms with Crippen LogP contribution in [-0.4, -0.2) is 0 Å². The average Bonchev–Trinajstić information content (AvgIpc) is 2.95. The van der Waals surface area contributed by atoms with E-state index < -0.39 is 0 Å². The van der Waals surface area contributed by atoms with Crippen LogP contribution in [-0.2, 0) is 7.05 Å². The second-order valence-electron chi connectivity index (χ2n) is 9.20. The highest BCUT2D eigenvalue weighted by Gasteiger charge is 2.15. The molecule has 0 fully saturated rings. The van der Waals surface area contributed by atoms with Gasteiger partial charge in [0.2, 0.25) is 5.69 Å². The summed E-state index contributed by atoms with van der Waals surface area (Å²) in [6, 6.07) is 38.8. The third-order valence-corrected chi connectivity index (χ3v) is 6.80. The summed E-state index contributed by atoms with van der Waals surface area (Å²) in [5.74, 6) is 0. The standard InChI is InChI=1S/C35H31N2/c1-5-27-11-18-31(19-12-27)37(32-20-13-28(6-2)14-21-32)33-22-16-29(17-23-33)30-15-10-26(3)34(25-30)35-9-7-8-24-36(35)4/h5-25H,1-2H2,3-4H3/q+1. The minimum atomic E-state index is 1.10. The van der Waals surface area contributed by atoms with Crippen molar-refractivity contribution < 1.29 is 4.57 Å². The number of aryl methyl sites for hydroxylation is 2. The van der Waals surface area contributed by atoms with Gasteiger partial charge in [0.25, 0.3) is 0 Å². The minimum absolute atomic E-state index is 1.10. The monoisotopic (exact) mass is 479 g/mol. The van der Waals surface area contributed by atoms with Crippen LogP contribution < -0.4 is 9.47 Å². The number of anilines is 3. The van der Waals surface area contributed by atoms with Gasteiger partial charge >= 0.3 is 0 Å².